The van der Waals surface area contributed by atoms with Crippen molar-refractivity contribution >= 4 is 40.2 Å². The molecule has 0 radical (unpaired) electrons. The number of rotatable bonds is 4. The number of hydrogen-bond acceptors (Lipinski definition) is 3. The minimum atomic E-state index is 0.335. The molecule has 0 aliphatic carbocycles. The third-order valence-electron chi connectivity index (χ3n) is 3.50. The first-order valence-corrected chi connectivity index (χ1v) is 7.70. The molecule has 3 rings (SSSR count). The van der Waals surface area contributed by atoms with E-state index in [-0.39, 0.29) is 0 Å². The van der Waals surface area contributed by atoms with Crippen LogP contribution in [0.5, 0.6) is 5.75 Å². The van der Waals surface area contributed by atoms with Crippen LogP contribution in [0.2, 0.25) is 10.0 Å². The van der Waals surface area contributed by atoms with Gasteiger partial charge >= 0.3 is 0 Å². The van der Waals surface area contributed by atoms with Crippen LogP contribution in [-0.4, -0.2) is 11.4 Å². The summed E-state index contributed by atoms with van der Waals surface area (Å²) in [7, 11) is 0. The van der Waals surface area contributed by atoms with Crippen LogP contribution in [0.15, 0.2) is 59.8 Å². The molecule has 0 fully saturated rings. The number of ether oxygens (including phenoxy) is 1. The number of nitrogens with zero attached hydrogens (tertiary/aromatic N) is 1. The lowest BCUT2D eigenvalue weighted by Crippen LogP contribution is -1.99. The molecule has 0 aliphatic rings. The molecule has 3 aromatic carbocycles. The molecule has 0 atom stereocenters. The van der Waals surface area contributed by atoms with Crippen LogP contribution in [0, 0.1) is 0 Å². The average Bonchev–Trinajstić information content (AvgIpc) is 2.57. The van der Waals surface area contributed by atoms with Crippen LogP contribution in [0.3, 0.4) is 0 Å². The number of benzene rings is 3. The van der Waals surface area contributed by atoms with E-state index in [2.05, 4.69) is 5.16 Å². The van der Waals surface area contributed by atoms with Gasteiger partial charge in [0.05, 0.1) is 16.3 Å². The zero-order valence-electron chi connectivity index (χ0n) is 12.0. The fourth-order valence-corrected chi connectivity index (χ4v) is 2.70. The monoisotopic (exact) mass is 345 g/mol. The molecule has 3 aromatic rings. The summed E-state index contributed by atoms with van der Waals surface area (Å²) in [6, 6.07) is 17.0. The van der Waals surface area contributed by atoms with Crippen molar-refractivity contribution in [3.05, 3.63) is 75.8 Å². The minimum absolute atomic E-state index is 0.335. The maximum absolute atomic E-state index is 8.94. The zero-order chi connectivity index (χ0) is 16.2. The van der Waals surface area contributed by atoms with Crippen molar-refractivity contribution in [1.82, 2.24) is 0 Å². The van der Waals surface area contributed by atoms with Gasteiger partial charge < -0.3 is 9.94 Å². The van der Waals surface area contributed by atoms with Crippen LogP contribution in [0.4, 0.5) is 0 Å². The van der Waals surface area contributed by atoms with Crippen LogP contribution in [0.25, 0.3) is 10.8 Å². The molecule has 0 amide bonds. The lowest BCUT2D eigenvalue weighted by Gasteiger charge is -2.12. The number of halogens is 2. The molecule has 116 valence electrons. The lowest BCUT2D eigenvalue weighted by atomic mass is 10.0. The number of hydrogen-bond donors (Lipinski definition) is 1. The first-order valence-electron chi connectivity index (χ1n) is 6.95. The van der Waals surface area contributed by atoms with E-state index in [1.807, 2.05) is 42.5 Å². The van der Waals surface area contributed by atoms with E-state index in [0.29, 0.717) is 22.4 Å². The molecule has 0 aromatic heterocycles. The summed E-state index contributed by atoms with van der Waals surface area (Å²) < 4.78 is 5.87. The van der Waals surface area contributed by atoms with E-state index in [1.165, 1.54) is 6.21 Å². The molecular weight excluding hydrogens is 333 g/mol. The van der Waals surface area contributed by atoms with Crippen LogP contribution >= 0.6 is 23.2 Å². The van der Waals surface area contributed by atoms with E-state index in [1.54, 1.807) is 12.1 Å². The maximum Gasteiger partial charge on any atom is 0.129 e. The highest BCUT2D eigenvalue weighted by atomic mass is 35.5. The van der Waals surface area contributed by atoms with Gasteiger partial charge in [-0.1, -0.05) is 64.8 Å². The topological polar surface area (TPSA) is 41.8 Å². The molecule has 3 nitrogen and oxygen atoms in total. The standard InChI is InChI=1S/C18H13Cl2NO2/c19-16-7-5-12(9-17(16)20)11-23-18-8-6-13-3-1-2-4-14(13)15(18)10-21-22/h1-10,22H,11H2. The van der Waals surface area contributed by atoms with Gasteiger partial charge in [0.1, 0.15) is 12.4 Å². The summed E-state index contributed by atoms with van der Waals surface area (Å²) >= 11 is 11.9. The summed E-state index contributed by atoms with van der Waals surface area (Å²) in [4.78, 5) is 0. The highest BCUT2D eigenvalue weighted by Gasteiger charge is 2.08. The van der Waals surface area contributed by atoms with Crippen molar-refractivity contribution in [2.45, 2.75) is 6.61 Å². The van der Waals surface area contributed by atoms with Gasteiger partial charge in [0.2, 0.25) is 0 Å². The van der Waals surface area contributed by atoms with E-state index >= 15 is 0 Å². The van der Waals surface area contributed by atoms with Gasteiger partial charge in [0, 0.05) is 5.56 Å². The second kappa shape index (κ2) is 6.90. The maximum atomic E-state index is 8.94. The smallest absolute Gasteiger partial charge is 0.129 e. The van der Waals surface area contributed by atoms with Crippen LogP contribution in [0.1, 0.15) is 11.1 Å². The van der Waals surface area contributed by atoms with Crippen LogP contribution in [-0.2, 0) is 6.61 Å². The van der Waals surface area contributed by atoms with Gasteiger partial charge in [-0.25, -0.2) is 0 Å². The number of oxime groups is 1. The van der Waals surface area contributed by atoms with E-state index in [9.17, 15) is 0 Å². The molecule has 0 bridgehead atoms. The summed E-state index contributed by atoms with van der Waals surface area (Å²) in [6.07, 6.45) is 1.38. The first-order chi connectivity index (χ1) is 11.2. The second-order valence-electron chi connectivity index (χ2n) is 4.98. The largest absolute Gasteiger partial charge is 0.488 e. The quantitative estimate of drug-likeness (QED) is 0.383. The highest BCUT2D eigenvalue weighted by Crippen LogP contribution is 2.28. The van der Waals surface area contributed by atoms with E-state index < -0.39 is 0 Å². The molecule has 23 heavy (non-hydrogen) atoms. The van der Waals surface area contributed by atoms with Gasteiger partial charge in [0.25, 0.3) is 0 Å². The van der Waals surface area contributed by atoms with Gasteiger partial charge in [0.15, 0.2) is 0 Å². The molecule has 0 spiro atoms. The molecule has 0 saturated heterocycles. The molecule has 5 heteroatoms. The Morgan fingerprint density at radius 2 is 1.83 bits per heavy atom. The molecule has 0 heterocycles. The fourth-order valence-electron chi connectivity index (χ4n) is 2.38. The van der Waals surface area contributed by atoms with Gasteiger partial charge in [-0.2, -0.15) is 0 Å². The summed E-state index contributed by atoms with van der Waals surface area (Å²) in [5.41, 5.74) is 1.63. The van der Waals surface area contributed by atoms with Gasteiger partial charge in [-0.3, -0.25) is 0 Å². The average molecular weight is 346 g/mol. The SMILES string of the molecule is ON=Cc1c(OCc2ccc(Cl)c(Cl)c2)ccc2ccccc12. The first kappa shape index (κ1) is 15.7. The van der Waals surface area contributed by atoms with Crippen molar-refractivity contribution < 1.29 is 9.94 Å². The van der Waals surface area contributed by atoms with Gasteiger partial charge in [-0.05, 0) is 34.5 Å². The van der Waals surface area contributed by atoms with E-state index in [4.69, 9.17) is 33.1 Å². The Labute approximate surface area is 143 Å². The van der Waals surface area contributed by atoms with Crippen molar-refractivity contribution in [3.63, 3.8) is 0 Å². The Balaban J connectivity index is 1.93. The molecule has 0 saturated carbocycles. The molecular formula is C18H13Cl2NO2. The lowest BCUT2D eigenvalue weighted by molar-refractivity contribution is 0.304. The summed E-state index contributed by atoms with van der Waals surface area (Å²) in [5.74, 6) is 0.632. The minimum Gasteiger partial charge on any atom is -0.488 e. The normalized spacial score (nSPS) is 11.2. The third kappa shape index (κ3) is 3.41. The van der Waals surface area contributed by atoms with Crippen molar-refractivity contribution in [2.75, 3.05) is 0 Å². The fraction of sp³-hybridized carbons (Fsp3) is 0.0556. The predicted octanol–water partition coefficient (Wildman–Crippen LogP) is 5.53. The Hall–Kier alpha value is -2.23. The van der Waals surface area contributed by atoms with Crippen LogP contribution < -0.4 is 4.74 Å². The zero-order valence-corrected chi connectivity index (χ0v) is 13.6. The molecule has 0 unspecified atom stereocenters. The predicted molar refractivity (Wildman–Crippen MR) is 94.1 cm³/mol. The Morgan fingerprint density at radius 3 is 2.61 bits per heavy atom. The van der Waals surface area contributed by atoms with E-state index in [0.717, 1.165) is 21.9 Å². The molecule has 0 aliphatic heterocycles. The molecule has 1 N–H and O–H groups in total. The third-order valence-corrected chi connectivity index (χ3v) is 4.23. The number of fused-ring (bicyclic) bond motifs is 1. The highest BCUT2D eigenvalue weighted by molar-refractivity contribution is 6.42. The summed E-state index contributed by atoms with van der Waals surface area (Å²) in [5, 5.41) is 15.1. The van der Waals surface area contributed by atoms with Gasteiger partial charge in [-0.15, -0.1) is 0 Å². The Bertz CT molecular complexity index is 878. The Morgan fingerprint density at radius 1 is 1.00 bits per heavy atom. The van der Waals surface area contributed by atoms with Crippen molar-refractivity contribution in [3.8, 4) is 5.75 Å². The second-order valence-corrected chi connectivity index (χ2v) is 5.79. The Kier molecular flexibility index (Phi) is 4.70. The summed E-state index contributed by atoms with van der Waals surface area (Å²) in [6.45, 7) is 0.335. The van der Waals surface area contributed by atoms with Crippen molar-refractivity contribution in [1.29, 1.82) is 0 Å². The van der Waals surface area contributed by atoms with Crippen molar-refractivity contribution in [2.24, 2.45) is 5.16 Å².